The first-order chi connectivity index (χ1) is 11.0. The summed E-state index contributed by atoms with van der Waals surface area (Å²) in [5, 5.41) is 0. The zero-order chi connectivity index (χ0) is 16.8. The molecule has 1 aliphatic rings. The van der Waals surface area contributed by atoms with E-state index in [1.807, 2.05) is 26.0 Å². The number of hydrogen-bond donors (Lipinski definition) is 0. The van der Waals surface area contributed by atoms with E-state index in [-0.39, 0.29) is 5.78 Å². The third kappa shape index (κ3) is 5.07. The molecule has 23 heavy (non-hydrogen) atoms. The molecular formula is C20H31NO2. The van der Waals surface area contributed by atoms with E-state index < -0.39 is 0 Å². The number of likely N-dealkylation sites (tertiary alicyclic amines) is 1. The van der Waals surface area contributed by atoms with Gasteiger partial charge in [-0.05, 0) is 68.8 Å². The molecule has 2 rings (SSSR count). The third-order valence-corrected chi connectivity index (χ3v) is 4.68. The van der Waals surface area contributed by atoms with E-state index in [0.29, 0.717) is 6.42 Å². The molecule has 3 nitrogen and oxygen atoms in total. The van der Waals surface area contributed by atoms with E-state index in [1.54, 1.807) is 0 Å². The lowest BCUT2D eigenvalue weighted by atomic mass is 9.97. The van der Waals surface area contributed by atoms with Crippen LogP contribution in [0.15, 0.2) is 12.1 Å². The maximum absolute atomic E-state index is 12.6. The number of aryl methyl sites for hydroxylation is 2. The second-order valence-electron chi connectivity index (χ2n) is 7.00. The molecule has 0 amide bonds. The van der Waals surface area contributed by atoms with E-state index in [1.165, 1.54) is 12.8 Å². The number of carbonyl (C=O) groups excluding carboxylic acids is 1. The molecule has 0 bridgehead atoms. The van der Waals surface area contributed by atoms with Gasteiger partial charge in [-0.15, -0.1) is 0 Å². The topological polar surface area (TPSA) is 29.5 Å². The lowest BCUT2D eigenvalue weighted by Crippen LogP contribution is -2.35. The number of piperidine rings is 1. The predicted octanol–water partition coefficient (Wildman–Crippen LogP) is 4.40. The second-order valence-corrected chi connectivity index (χ2v) is 7.00. The highest BCUT2D eigenvalue weighted by atomic mass is 16.5. The molecular weight excluding hydrogens is 286 g/mol. The number of hydrogen-bond acceptors (Lipinski definition) is 3. The van der Waals surface area contributed by atoms with Crippen molar-refractivity contribution >= 4 is 5.78 Å². The SMILES string of the molecule is CCCOc1cc(C)c(C(=O)CCN2CCCC(C)C2)cc1C. The van der Waals surface area contributed by atoms with Crippen LogP contribution < -0.4 is 4.74 Å². The Morgan fingerprint density at radius 1 is 1.30 bits per heavy atom. The van der Waals surface area contributed by atoms with Crippen molar-refractivity contribution in [1.82, 2.24) is 4.90 Å². The molecule has 1 saturated heterocycles. The average molecular weight is 317 g/mol. The van der Waals surface area contributed by atoms with Crippen LogP contribution in [0.1, 0.15) is 61.0 Å². The zero-order valence-electron chi connectivity index (χ0n) is 15.2. The molecule has 1 heterocycles. The third-order valence-electron chi connectivity index (χ3n) is 4.68. The Bertz CT molecular complexity index is 539. The molecule has 0 radical (unpaired) electrons. The van der Waals surface area contributed by atoms with E-state index >= 15 is 0 Å². The average Bonchev–Trinajstić information content (AvgIpc) is 2.53. The summed E-state index contributed by atoms with van der Waals surface area (Å²) >= 11 is 0. The molecule has 1 aliphatic heterocycles. The van der Waals surface area contributed by atoms with Gasteiger partial charge in [0.2, 0.25) is 0 Å². The van der Waals surface area contributed by atoms with Crippen LogP contribution in [0.25, 0.3) is 0 Å². The summed E-state index contributed by atoms with van der Waals surface area (Å²) in [4.78, 5) is 15.0. The number of nitrogens with zero attached hydrogens (tertiary/aromatic N) is 1. The Morgan fingerprint density at radius 2 is 2.09 bits per heavy atom. The summed E-state index contributed by atoms with van der Waals surface area (Å²) < 4.78 is 5.75. The fourth-order valence-corrected chi connectivity index (χ4v) is 3.34. The highest BCUT2D eigenvalue weighted by Crippen LogP contribution is 2.24. The summed E-state index contributed by atoms with van der Waals surface area (Å²) in [7, 11) is 0. The minimum Gasteiger partial charge on any atom is -0.493 e. The lowest BCUT2D eigenvalue weighted by molar-refractivity contribution is 0.0948. The van der Waals surface area contributed by atoms with Crippen LogP contribution in [0, 0.1) is 19.8 Å². The van der Waals surface area contributed by atoms with Crippen LogP contribution in [0.5, 0.6) is 5.75 Å². The molecule has 0 spiro atoms. The largest absolute Gasteiger partial charge is 0.493 e. The Kier molecular flexibility index (Phi) is 6.64. The molecule has 1 aromatic rings. The van der Waals surface area contributed by atoms with Crippen molar-refractivity contribution in [3.63, 3.8) is 0 Å². The van der Waals surface area contributed by atoms with Crippen LogP contribution in [-0.2, 0) is 0 Å². The zero-order valence-corrected chi connectivity index (χ0v) is 15.2. The standard InChI is InChI=1S/C20H31NO2/c1-5-11-23-20-13-16(3)18(12-17(20)4)19(22)8-10-21-9-6-7-15(2)14-21/h12-13,15H,5-11,14H2,1-4H3. The maximum atomic E-state index is 12.6. The quantitative estimate of drug-likeness (QED) is 0.698. The van der Waals surface area contributed by atoms with Crippen molar-refractivity contribution in [2.75, 3.05) is 26.2 Å². The number of benzene rings is 1. The molecule has 0 N–H and O–H groups in total. The number of carbonyl (C=O) groups is 1. The van der Waals surface area contributed by atoms with Crippen molar-refractivity contribution in [2.45, 2.75) is 53.4 Å². The van der Waals surface area contributed by atoms with Crippen molar-refractivity contribution in [3.8, 4) is 5.75 Å². The van der Waals surface area contributed by atoms with E-state index in [4.69, 9.17) is 4.74 Å². The molecule has 128 valence electrons. The molecule has 0 saturated carbocycles. The van der Waals surface area contributed by atoms with Gasteiger partial charge in [0.1, 0.15) is 5.75 Å². The van der Waals surface area contributed by atoms with E-state index in [2.05, 4.69) is 18.7 Å². The van der Waals surface area contributed by atoms with Gasteiger partial charge in [-0.3, -0.25) is 4.79 Å². The fraction of sp³-hybridized carbons (Fsp3) is 0.650. The van der Waals surface area contributed by atoms with Gasteiger partial charge in [-0.2, -0.15) is 0 Å². The maximum Gasteiger partial charge on any atom is 0.164 e. The van der Waals surface area contributed by atoms with Crippen LogP contribution in [0.4, 0.5) is 0 Å². The number of ketones is 1. The summed E-state index contributed by atoms with van der Waals surface area (Å²) in [6.45, 7) is 12.3. The fourth-order valence-electron chi connectivity index (χ4n) is 3.34. The van der Waals surface area contributed by atoms with Gasteiger partial charge in [0, 0.05) is 25.1 Å². The van der Waals surface area contributed by atoms with Gasteiger partial charge < -0.3 is 9.64 Å². The smallest absolute Gasteiger partial charge is 0.164 e. The summed E-state index contributed by atoms with van der Waals surface area (Å²) in [6.07, 6.45) is 4.19. The Morgan fingerprint density at radius 3 is 2.78 bits per heavy atom. The first-order valence-electron chi connectivity index (χ1n) is 9.00. The molecule has 3 heteroatoms. The van der Waals surface area contributed by atoms with Crippen LogP contribution >= 0.6 is 0 Å². The van der Waals surface area contributed by atoms with Crippen molar-refractivity contribution in [1.29, 1.82) is 0 Å². The Hall–Kier alpha value is -1.35. The minimum absolute atomic E-state index is 0.255. The normalized spacial score (nSPS) is 18.9. The van der Waals surface area contributed by atoms with Crippen LogP contribution in [-0.4, -0.2) is 36.9 Å². The molecule has 0 aliphatic carbocycles. The van der Waals surface area contributed by atoms with E-state index in [9.17, 15) is 4.79 Å². The molecule has 1 atom stereocenters. The number of Topliss-reactive ketones (excluding diaryl/α,β-unsaturated/α-hetero) is 1. The molecule has 0 aromatic heterocycles. The van der Waals surface area contributed by atoms with Gasteiger partial charge in [-0.1, -0.05) is 13.8 Å². The van der Waals surface area contributed by atoms with Gasteiger partial charge in [0.25, 0.3) is 0 Å². The first kappa shape index (κ1) is 18.0. The van der Waals surface area contributed by atoms with Crippen molar-refractivity contribution < 1.29 is 9.53 Å². The van der Waals surface area contributed by atoms with Gasteiger partial charge in [0.15, 0.2) is 5.78 Å². The highest BCUT2D eigenvalue weighted by molar-refractivity contribution is 5.98. The predicted molar refractivity (Wildman–Crippen MR) is 95.5 cm³/mol. The number of ether oxygens (including phenoxy) is 1. The van der Waals surface area contributed by atoms with Gasteiger partial charge in [-0.25, -0.2) is 0 Å². The first-order valence-corrected chi connectivity index (χ1v) is 9.00. The van der Waals surface area contributed by atoms with Crippen molar-refractivity contribution in [2.24, 2.45) is 5.92 Å². The molecule has 1 unspecified atom stereocenters. The lowest BCUT2D eigenvalue weighted by Gasteiger charge is -2.30. The molecule has 1 aromatic carbocycles. The van der Waals surface area contributed by atoms with Gasteiger partial charge in [0.05, 0.1) is 6.61 Å². The number of rotatable bonds is 7. The van der Waals surface area contributed by atoms with Crippen molar-refractivity contribution in [3.05, 3.63) is 28.8 Å². The van der Waals surface area contributed by atoms with Gasteiger partial charge >= 0.3 is 0 Å². The highest BCUT2D eigenvalue weighted by Gasteiger charge is 2.18. The monoisotopic (exact) mass is 317 g/mol. The van der Waals surface area contributed by atoms with Crippen LogP contribution in [0.2, 0.25) is 0 Å². The van der Waals surface area contributed by atoms with E-state index in [0.717, 1.165) is 61.0 Å². The summed E-state index contributed by atoms with van der Waals surface area (Å²) in [5.74, 6) is 1.93. The molecule has 1 fully saturated rings. The Labute approximate surface area is 141 Å². The summed E-state index contributed by atoms with van der Waals surface area (Å²) in [5.41, 5.74) is 2.94. The second kappa shape index (κ2) is 8.49. The van der Waals surface area contributed by atoms with Crippen LogP contribution in [0.3, 0.4) is 0 Å². The summed E-state index contributed by atoms with van der Waals surface area (Å²) in [6, 6.07) is 4.02. The minimum atomic E-state index is 0.255. The Balaban J connectivity index is 1.97.